The van der Waals surface area contributed by atoms with Crippen molar-refractivity contribution in [2.45, 2.75) is 0 Å². The highest BCUT2D eigenvalue weighted by atomic mass is 15.1. The topological polar surface area (TPSA) is 27.1 Å². The third-order valence-electron chi connectivity index (χ3n) is 0.492. The molecule has 0 amide bonds. The molecule has 0 aliphatic rings. The normalized spacial score (nSPS) is 6.83. The fourth-order valence-corrected chi connectivity index (χ4v) is 0.0527. The number of rotatable bonds is 2. The molecule has 0 aliphatic carbocycles. The second-order valence-corrected chi connectivity index (χ2v) is 0.977. The first-order valence-corrected chi connectivity index (χ1v) is 1.66. The Kier molecular flexibility index (Phi) is 2.13. The van der Waals surface area contributed by atoms with Gasteiger partial charge in [-0.3, -0.25) is 5.41 Å². The molecule has 0 aromatic rings. The van der Waals surface area contributed by atoms with Crippen molar-refractivity contribution in [2.24, 2.45) is 0 Å². The molecule has 0 saturated carbocycles. The summed E-state index contributed by atoms with van der Waals surface area (Å²) in [6.45, 7) is 3.41. The minimum absolute atomic E-state index is 1.19. The van der Waals surface area contributed by atoms with Crippen molar-refractivity contribution in [3.63, 3.8) is 0 Å². The Morgan fingerprint density at radius 3 is 2.33 bits per heavy atom. The summed E-state index contributed by atoms with van der Waals surface area (Å²) in [5.41, 5.74) is 0. The van der Waals surface area contributed by atoms with Crippen LogP contribution in [0.2, 0.25) is 0 Å². The Balaban J connectivity index is 3.21. The lowest BCUT2D eigenvalue weighted by Crippen LogP contribution is -2.03. The van der Waals surface area contributed by atoms with Gasteiger partial charge in [0, 0.05) is 7.05 Å². The van der Waals surface area contributed by atoms with Crippen molar-refractivity contribution < 1.29 is 0 Å². The van der Waals surface area contributed by atoms with E-state index in [2.05, 4.69) is 6.58 Å². The van der Waals surface area contributed by atoms with Crippen molar-refractivity contribution >= 4 is 6.34 Å². The van der Waals surface area contributed by atoms with Gasteiger partial charge in [0.05, 0.1) is 6.34 Å². The van der Waals surface area contributed by atoms with E-state index in [1.165, 1.54) is 6.34 Å². The van der Waals surface area contributed by atoms with Gasteiger partial charge in [0.25, 0.3) is 0 Å². The minimum atomic E-state index is 1.19. The molecule has 1 N–H and O–H groups in total. The summed E-state index contributed by atoms with van der Waals surface area (Å²) in [6, 6.07) is 0. The van der Waals surface area contributed by atoms with Crippen LogP contribution in [0.15, 0.2) is 12.8 Å². The maximum absolute atomic E-state index is 6.54. The predicted molar refractivity (Wildman–Crippen MR) is 26.7 cm³/mol. The van der Waals surface area contributed by atoms with Crippen molar-refractivity contribution in [2.75, 3.05) is 7.05 Å². The van der Waals surface area contributed by atoms with Gasteiger partial charge in [0.2, 0.25) is 0 Å². The third kappa shape index (κ3) is 1.52. The predicted octanol–water partition coefficient (Wildman–Crippen LogP) is 0.669. The molecule has 0 aromatic carbocycles. The average molecular weight is 84.1 g/mol. The van der Waals surface area contributed by atoms with E-state index in [9.17, 15) is 0 Å². The quantitative estimate of drug-likeness (QED) is 0.386. The fraction of sp³-hybridized carbons (Fsp3) is 0.250. The highest BCUT2D eigenvalue weighted by Crippen LogP contribution is 1.67. The highest BCUT2D eigenvalue weighted by Gasteiger charge is 1.70. The molecule has 0 saturated heterocycles. The molecule has 0 aromatic heterocycles. The molecule has 0 radical (unpaired) electrons. The average Bonchev–Trinajstić information content (AvgIpc) is 1.65. The molecule has 2 nitrogen and oxygen atoms in total. The molecule has 0 heterocycles. The number of nitrogens with one attached hydrogen (secondary N) is 1. The van der Waals surface area contributed by atoms with E-state index in [0.717, 1.165) is 0 Å². The molecule has 0 atom stereocenters. The maximum Gasteiger partial charge on any atom is 0.0854 e. The second-order valence-electron chi connectivity index (χ2n) is 0.977. The first-order valence-electron chi connectivity index (χ1n) is 1.66. The summed E-state index contributed by atoms with van der Waals surface area (Å²) in [4.78, 5) is 1.56. The first-order chi connectivity index (χ1) is 2.81. The zero-order valence-electron chi connectivity index (χ0n) is 3.81. The van der Waals surface area contributed by atoms with Crippen molar-refractivity contribution in [3.05, 3.63) is 12.8 Å². The van der Waals surface area contributed by atoms with Crippen LogP contribution in [0.5, 0.6) is 0 Å². The Morgan fingerprint density at radius 2 is 2.33 bits per heavy atom. The first kappa shape index (κ1) is 5.21. The van der Waals surface area contributed by atoms with E-state index in [1.807, 2.05) is 0 Å². The smallest absolute Gasteiger partial charge is 0.0854 e. The highest BCUT2D eigenvalue weighted by molar-refractivity contribution is 5.51. The van der Waals surface area contributed by atoms with Gasteiger partial charge in [-0.15, -0.1) is 0 Å². The maximum atomic E-state index is 6.54. The molecular weight excluding hydrogens is 76.1 g/mol. The standard InChI is InChI=1S/C4H8N2/c1-3-6(2)4-5/h3-5H,1H2,2H3. The van der Waals surface area contributed by atoms with Crippen LogP contribution >= 0.6 is 0 Å². The summed E-state index contributed by atoms with van der Waals surface area (Å²) in [6.07, 6.45) is 2.75. The second kappa shape index (κ2) is 2.45. The molecule has 0 spiro atoms. The minimum Gasteiger partial charge on any atom is -0.343 e. The Bertz CT molecular complexity index is 50.6. The van der Waals surface area contributed by atoms with Crippen LogP contribution in [0.3, 0.4) is 0 Å². The summed E-state index contributed by atoms with van der Waals surface area (Å²) in [5.74, 6) is 0. The molecule has 6 heavy (non-hydrogen) atoms. The molecular formula is C4H8N2. The number of nitrogens with zero attached hydrogens (tertiary/aromatic N) is 1. The molecule has 0 aliphatic heterocycles. The van der Waals surface area contributed by atoms with Crippen LogP contribution in [-0.4, -0.2) is 18.3 Å². The van der Waals surface area contributed by atoms with Gasteiger partial charge in [-0.1, -0.05) is 6.58 Å². The lowest BCUT2D eigenvalue weighted by Gasteiger charge is -1.99. The third-order valence-corrected chi connectivity index (χ3v) is 0.492. The van der Waals surface area contributed by atoms with Crippen LogP contribution in [0.25, 0.3) is 0 Å². The fourth-order valence-electron chi connectivity index (χ4n) is 0.0527. The summed E-state index contributed by atoms with van der Waals surface area (Å²) in [5, 5.41) is 6.54. The van der Waals surface area contributed by atoms with Gasteiger partial charge < -0.3 is 4.90 Å². The monoisotopic (exact) mass is 84.1 g/mol. The van der Waals surface area contributed by atoms with Crippen molar-refractivity contribution in [1.82, 2.24) is 4.90 Å². The lowest BCUT2D eigenvalue weighted by atomic mass is 10.8. The van der Waals surface area contributed by atoms with E-state index in [0.29, 0.717) is 0 Å². The number of hydrogen-bond acceptors (Lipinski definition) is 1. The van der Waals surface area contributed by atoms with Crippen molar-refractivity contribution in [3.8, 4) is 0 Å². The van der Waals surface area contributed by atoms with E-state index < -0.39 is 0 Å². The van der Waals surface area contributed by atoms with Crippen LogP contribution in [0.4, 0.5) is 0 Å². The molecule has 34 valence electrons. The molecule has 0 rings (SSSR count). The summed E-state index contributed by atoms with van der Waals surface area (Å²) >= 11 is 0. The van der Waals surface area contributed by atoms with Crippen LogP contribution < -0.4 is 0 Å². The van der Waals surface area contributed by atoms with E-state index in [4.69, 9.17) is 5.41 Å². The van der Waals surface area contributed by atoms with Gasteiger partial charge in [-0.05, 0) is 6.20 Å². The zero-order valence-corrected chi connectivity index (χ0v) is 3.81. The van der Waals surface area contributed by atoms with E-state index in [-0.39, 0.29) is 0 Å². The van der Waals surface area contributed by atoms with Crippen molar-refractivity contribution in [1.29, 1.82) is 5.41 Å². The van der Waals surface area contributed by atoms with Gasteiger partial charge in [0.15, 0.2) is 0 Å². The van der Waals surface area contributed by atoms with Crippen LogP contribution in [-0.2, 0) is 0 Å². The molecule has 2 heteroatoms. The molecule has 0 fully saturated rings. The van der Waals surface area contributed by atoms with Gasteiger partial charge in [-0.2, -0.15) is 0 Å². The SMILES string of the molecule is C=CN(C)C=N. The van der Waals surface area contributed by atoms with Gasteiger partial charge in [-0.25, -0.2) is 0 Å². The lowest BCUT2D eigenvalue weighted by molar-refractivity contribution is 0.708. The van der Waals surface area contributed by atoms with Crippen LogP contribution in [0, 0.1) is 5.41 Å². The molecule has 0 unspecified atom stereocenters. The van der Waals surface area contributed by atoms with Crippen LogP contribution in [0.1, 0.15) is 0 Å². The Labute approximate surface area is 37.6 Å². The largest absolute Gasteiger partial charge is 0.343 e. The summed E-state index contributed by atoms with van der Waals surface area (Å²) < 4.78 is 0. The number of hydrogen-bond donors (Lipinski definition) is 1. The molecule has 0 bridgehead atoms. The van der Waals surface area contributed by atoms with E-state index in [1.54, 1.807) is 18.1 Å². The van der Waals surface area contributed by atoms with Gasteiger partial charge in [0.1, 0.15) is 0 Å². The Hall–Kier alpha value is -0.790. The summed E-state index contributed by atoms with van der Waals surface area (Å²) in [7, 11) is 1.75. The zero-order chi connectivity index (χ0) is 4.99. The van der Waals surface area contributed by atoms with Gasteiger partial charge >= 0.3 is 0 Å². The van der Waals surface area contributed by atoms with E-state index >= 15 is 0 Å². The Morgan fingerprint density at radius 1 is 1.83 bits per heavy atom.